The average molecular weight is 248 g/mol. The monoisotopic (exact) mass is 248 g/mol. The van der Waals surface area contributed by atoms with E-state index in [1.807, 2.05) is 5.43 Å². The molecule has 2 rings (SSSR count). The molecule has 18 heavy (non-hydrogen) atoms. The summed E-state index contributed by atoms with van der Waals surface area (Å²) in [6.45, 7) is 1.87. The third-order valence-corrected chi connectivity index (χ3v) is 2.46. The molecule has 0 atom stereocenters. The van der Waals surface area contributed by atoms with Gasteiger partial charge in [-0.3, -0.25) is 19.6 Å². The van der Waals surface area contributed by atoms with E-state index < -0.39 is 5.91 Å². The fourth-order valence-corrected chi connectivity index (χ4v) is 1.59. The summed E-state index contributed by atoms with van der Waals surface area (Å²) in [5.74, 6) is 5.56. The fraction of sp³-hybridized carbons (Fsp3) is 0.182. The summed E-state index contributed by atoms with van der Waals surface area (Å²) in [4.78, 5) is 26.7. The van der Waals surface area contributed by atoms with Crippen LogP contribution in [-0.2, 0) is 6.54 Å². The number of hydrogen-bond donors (Lipinski definition) is 2. The first-order valence-electron chi connectivity index (χ1n) is 5.22. The Morgan fingerprint density at radius 1 is 1.61 bits per heavy atom. The highest BCUT2D eigenvalue weighted by atomic mass is 16.3. The van der Waals surface area contributed by atoms with E-state index >= 15 is 0 Å². The number of furan rings is 1. The van der Waals surface area contributed by atoms with Gasteiger partial charge >= 0.3 is 0 Å². The summed E-state index contributed by atoms with van der Waals surface area (Å²) in [5, 5.41) is 0. The molecule has 7 heteroatoms. The number of hydrogen-bond acceptors (Lipinski definition) is 5. The summed E-state index contributed by atoms with van der Waals surface area (Å²) < 4.78 is 6.77. The maximum Gasteiger partial charge on any atom is 0.268 e. The zero-order chi connectivity index (χ0) is 13.1. The van der Waals surface area contributed by atoms with Gasteiger partial charge in [-0.1, -0.05) is 0 Å². The van der Waals surface area contributed by atoms with Crippen LogP contribution < -0.4 is 16.8 Å². The van der Waals surface area contributed by atoms with Crippen LogP contribution >= 0.6 is 0 Å². The first-order chi connectivity index (χ1) is 8.61. The molecule has 0 saturated carbocycles. The molecule has 3 N–H and O–H groups in total. The van der Waals surface area contributed by atoms with Crippen molar-refractivity contribution >= 4 is 5.91 Å². The molecule has 0 radical (unpaired) electrons. The Labute approximate surface area is 102 Å². The fourth-order valence-electron chi connectivity index (χ4n) is 1.59. The maximum atomic E-state index is 11.5. The number of amides is 1. The molecule has 0 saturated heterocycles. The summed E-state index contributed by atoms with van der Waals surface area (Å²) in [6, 6.07) is 2.90. The highest BCUT2D eigenvalue weighted by Gasteiger charge is 2.14. The highest BCUT2D eigenvalue weighted by molar-refractivity contribution is 5.94. The topological polar surface area (TPSA) is 103 Å². The Hall–Kier alpha value is -2.41. The summed E-state index contributed by atoms with van der Waals surface area (Å²) in [5.41, 5.74) is 2.19. The van der Waals surface area contributed by atoms with Gasteiger partial charge in [-0.25, -0.2) is 10.8 Å². The summed E-state index contributed by atoms with van der Waals surface area (Å²) in [7, 11) is 0. The molecule has 2 heterocycles. The lowest BCUT2D eigenvalue weighted by Gasteiger charge is -2.00. The largest absolute Gasteiger partial charge is 0.464 e. The molecule has 0 unspecified atom stereocenters. The molecular formula is C11H12N4O3. The number of hydrazine groups is 1. The van der Waals surface area contributed by atoms with Crippen LogP contribution in [0.4, 0.5) is 0 Å². The van der Waals surface area contributed by atoms with Crippen molar-refractivity contribution in [1.29, 1.82) is 0 Å². The molecule has 0 fully saturated rings. The lowest BCUT2D eigenvalue weighted by Crippen LogP contribution is -2.30. The quantitative estimate of drug-likeness (QED) is 0.444. The molecule has 0 bridgehead atoms. The van der Waals surface area contributed by atoms with E-state index in [0.29, 0.717) is 17.1 Å². The van der Waals surface area contributed by atoms with Gasteiger partial charge in [-0.2, -0.15) is 0 Å². The number of aromatic nitrogens is 2. The van der Waals surface area contributed by atoms with Gasteiger partial charge in [0.2, 0.25) is 0 Å². The molecule has 0 aliphatic carbocycles. The number of nitrogen functional groups attached to an aromatic ring is 1. The van der Waals surface area contributed by atoms with Gasteiger partial charge in [0.25, 0.3) is 11.5 Å². The van der Waals surface area contributed by atoms with Crippen molar-refractivity contribution in [3.8, 4) is 0 Å². The molecule has 0 aromatic carbocycles. The van der Waals surface area contributed by atoms with Crippen LogP contribution in [0, 0.1) is 6.92 Å². The van der Waals surface area contributed by atoms with Crippen LogP contribution in [0.15, 0.2) is 33.9 Å². The average Bonchev–Trinajstić information content (AvgIpc) is 2.72. The van der Waals surface area contributed by atoms with Crippen LogP contribution in [0.25, 0.3) is 0 Å². The van der Waals surface area contributed by atoms with E-state index in [1.165, 1.54) is 23.2 Å². The predicted molar refractivity (Wildman–Crippen MR) is 62.7 cm³/mol. The second-order valence-corrected chi connectivity index (χ2v) is 3.70. The van der Waals surface area contributed by atoms with Crippen LogP contribution in [0.2, 0.25) is 0 Å². The van der Waals surface area contributed by atoms with Crippen molar-refractivity contribution in [2.24, 2.45) is 5.84 Å². The maximum absolute atomic E-state index is 11.5. The number of carbonyl (C=O) groups is 1. The van der Waals surface area contributed by atoms with Crippen LogP contribution in [0.3, 0.4) is 0 Å². The zero-order valence-corrected chi connectivity index (χ0v) is 9.71. The predicted octanol–water partition coefficient (Wildman–Crippen LogP) is -0.203. The molecule has 2 aromatic rings. The Morgan fingerprint density at radius 2 is 2.39 bits per heavy atom. The Morgan fingerprint density at radius 3 is 3.06 bits per heavy atom. The van der Waals surface area contributed by atoms with Crippen molar-refractivity contribution in [1.82, 2.24) is 15.0 Å². The Kier molecular flexibility index (Phi) is 3.24. The minimum absolute atomic E-state index is 0.191. The second kappa shape index (κ2) is 4.84. The van der Waals surface area contributed by atoms with Crippen molar-refractivity contribution < 1.29 is 9.21 Å². The molecule has 0 aliphatic heterocycles. The third-order valence-electron chi connectivity index (χ3n) is 2.46. The summed E-state index contributed by atoms with van der Waals surface area (Å²) >= 11 is 0. The zero-order valence-electron chi connectivity index (χ0n) is 9.71. The van der Waals surface area contributed by atoms with Gasteiger partial charge in [0.15, 0.2) is 0 Å². The number of nitrogens with one attached hydrogen (secondary N) is 1. The van der Waals surface area contributed by atoms with E-state index in [4.69, 9.17) is 10.3 Å². The number of rotatable bonds is 3. The number of carbonyl (C=O) groups excluding carboxylic acids is 1. The van der Waals surface area contributed by atoms with Gasteiger partial charge in [0, 0.05) is 12.3 Å². The number of nitrogens with zero attached hydrogens (tertiary/aromatic N) is 2. The lowest BCUT2D eigenvalue weighted by atomic mass is 10.2. The van der Waals surface area contributed by atoms with E-state index in [0.717, 1.165) is 0 Å². The molecule has 2 aromatic heterocycles. The molecular weight excluding hydrogens is 236 g/mol. The standard InChI is InChI=1S/C11H12N4O3/c1-7-9(11(17)14-12)4-8(18-7)5-15-6-13-3-2-10(15)16/h2-4,6H,5,12H2,1H3,(H,14,17). The van der Waals surface area contributed by atoms with Crippen molar-refractivity contribution in [2.45, 2.75) is 13.5 Å². The van der Waals surface area contributed by atoms with E-state index in [-0.39, 0.29) is 12.1 Å². The van der Waals surface area contributed by atoms with E-state index in [2.05, 4.69) is 4.98 Å². The normalized spacial score (nSPS) is 10.3. The van der Waals surface area contributed by atoms with Gasteiger partial charge in [0.1, 0.15) is 11.5 Å². The first kappa shape index (κ1) is 12.1. The number of nitrogens with two attached hydrogens (primary N) is 1. The van der Waals surface area contributed by atoms with Crippen LogP contribution in [-0.4, -0.2) is 15.5 Å². The van der Waals surface area contributed by atoms with E-state index in [9.17, 15) is 9.59 Å². The first-order valence-corrected chi connectivity index (χ1v) is 5.22. The van der Waals surface area contributed by atoms with Gasteiger partial charge in [0.05, 0.1) is 18.4 Å². The minimum atomic E-state index is -0.430. The third kappa shape index (κ3) is 2.30. The van der Waals surface area contributed by atoms with Gasteiger partial charge in [-0.15, -0.1) is 0 Å². The second-order valence-electron chi connectivity index (χ2n) is 3.70. The molecule has 0 spiro atoms. The van der Waals surface area contributed by atoms with E-state index in [1.54, 1.807) is 13.0 Å². The molecule has 1 amide bonds. The Balaban J connectivity index is 2.29. The smallest absolute Gasteiger partial charge is 0.268 e. The van der Waals surface area contributed by atoms with Gasteiger partial charge in [-0.05, 0) is 13.0 Å². The highest BCUT2D eigenvalue weighted by Crippen LogP contribution is 2.14. The summed E-state index contributed by atoms with van der Waals surface area (Å²) in [6.07, 6.45) is 2.82. The van der Waals surface area contributed by atoms with Crippen molar-refractivity contribution in [3.63, 3.8) is 0 Å². The lowest BCUT2D eigenvalue weighted by molar-refractivity contribution is 0.0952. The van der Waals surface area contributed by atoms with Gasteiger partial charge < -0.3 is 4.42 Å². The van der Waals surface area contributed by atoms with Crippen molar-refractivity contribution in [2.75, 3.05) is 0 Å². The SMILES string of the molecule is Cc1oc(Cn2cnccc2=O)cc1C(=O)NN. The van der Waals surface area contributed by atoms with Crippen molar-refractivity contribution in [3.05, 3.63) is 52.1 Å². The Bertz CT molecular complexity index is 629. The molecule has 94 valence electrons. The minimum Gasteiger partial charge on any atom is -0.464 e. The molecule has 7 nitrogen and oxygen atoms in total. The van der Waals surface area contributed by atoms with Crippen LogP contribution in [0.5, 0.6) is 0 Å². The number of aryl methyl sites for hydroxylation is 1. The van der Waals surface area contributed by atoms with Crippen LogP contribution in [0.1, 0.15) is 21.9 Å². The molecule has 0 aliphatic rings.